The SMILES string of the molecule is Cc1ccccc1-n1ncc(C(=O)Nc2cnc(-n3nccn3)c(Cl)c2)c1C. The zero-order valence-electron chi connectivity index (χ0n) is 15.2. The number of anilines is 1. The van der Waals surface area contributed by atoms with Gasteiger partial charge in [0.2, 0.25) is 0 Å². The molecule has 0 unspecified atom stereocenters. The first-order valence-electron chi connectivity index (χ1n) is 8.49. The number of pyridine rings is 1. The summed E-state index contributed by atoms with van der Waals surface area (Å²) < 4.78 is 1.75. The molecule has 4 rings (SSSR count). The van der Waals surface area contributed by atoms with Crippen LogP contribution >= 0.6 is 11.6 Å². The fraction of sp³-hybridized carbons (Fsp3) is 0.105. The molecule has 0 aliphatic rings. The number of carbonyl (C=O) groups excluding carboxylic acids is 1. The van der Waals surface area contributed by atoms with Crippen LogP contribution in [-0.4, -0.2) is 35.7 Å². The van der Waals surface area contributed by atoms with Gasteiger partial charge < -0.3 is 5.32 Å². The molecule has 0 saturated heterocycles. The normalized spacial score (nSPS) is 10.8. The number of carbonyl (C=O) groups is 1. The maximum Gasteiger partial charge on any atom is 0.259 e. The Morgan fingerprint density at radius 1 is 1.07 bits per heavy atom. The van der Waals surface area contributed by atoms with Crippen LogP contribution in [0.4, 0.5) is 5.69 Å². The molecule has 0 radical (unpaired) electrons. The molecule has 0 aliphatic heterocycles. The summed E-state index contributed by atoms with van der Waals surface area (Å²) in [6.07, 6.45) is 6.11. The monoisotopic (exact) mass is 393 g/mol. The number of aryl methyl sites for hydroxylation is 1. The summed E-state index contributed by atoms with van der Waals surface area (Å²) in [5.41, 5.74) is 3.67. The van der Waals surface area contributed by atoms with Crippen LogP contribution in [0.1, 0.15) is 21.6 Å². The first-order valence-corrected chi connectivity index (χ1v) is 8.86. The molecule has 0 bridgehead atoms. The molecule has 9 heteroatoms. The Hall–Kier alpha value is -3.52. The number of hydrogen-bond acceptors (Lipinski definition) is 5. The van der Waals surface area contributed by atoms with Gasteiger partial charge >= 0.3 is 0 Å². The third-order valence-electron chi connectivity index (χ3n) is 4.29. The smallest absolute Gasteiger partial charge is 0.259 e. The van der Waals surface area contributed by atoms with E-state index in [-0.39, 0.29) is 5.91 Å². The molecule has 8 nitrogen and oxygen atoms in total. The lowest BCUT2D eigenvalue weighted by Gasteiger charge is -2.09. The van der Waals surface area contributed by atoms with Gasteiger partial charge in [0.05, 0.1) is 52.4 Å². The lowest BCUT2D eigenvalue weighted by Crippen LogP contribution is -2.14. The molecule has 3 aromatic heterocycles. The molecule has 1 amide bonds. The Morgan fingerprint density at radius 3 is 2.54 bits per heavy atom. The molecule has 0 saturated carbocycles. The molecule has 1 N–H and O–H groups in total. The molecule has 1 aromatic carbocycles. The summed E-state index contributed by atoms with van der Waals surface area (Å²) in [5.74, 6) is 0.0911. The number of hydrogen-bond donors (Lipinski definition) is 1. The average Bonchev–Trinajstić information content (AvgIpc) is 3.32. The highest BCUT2D eigenvalue weighted by atomic mass is 35.5. The van der Waals surface area contributed by atoms with E-state index in [1.54, 1.807) is 16.9 Å². The summed E-state index contributed by atoms with van der Waals surface area (Å²) in [4.78, 5) is 18.3. The van der Waals surface area contributed by atoms with E-state index >= 15 is 0 Å². The quantitative estimate of drug-likeness (QED) is 0.574. The lowest BCUT2D eigenvalue weighted by atomic mass is 10.2. The molecule has 28 heavy (non-hydrogen) atoms. The van der Waals surface area contributed by atoms with Gasteiger partial charge in [0.25, 0.3) is 5.91 Å². The second-order valence-corrected chi connectivity index (χ2v) is 6.55. The van der Waals surface area contributed by atoms with Gasteiger partial charge in [-0.1, -0.05) is 29.8 Å². The largest absolute Gasteiger partial charge is 0.320 e. The van der Waals surface area contributed by atoms with Gasteiger partial charge in [-0.3, -0.25) is 4.79 Å². The van der Waals surface area contributed by atoms with E-state index in [4.69, 9.17) is 11.6 Å². The second-order valence-electron chi connectivity index (χ2n) is 6.14. The van der Waals surface area contributed by atoms with Gasteiger partial charge in [-0.05, 0) is 31.5 Å². The Morgan fingerprint density at radius 2 is 1.82 bits per heavy atom. The predicted octanol–water partition coefficient (Wildman–Crippen LogP) is 3.37. The highest BCUT2D eigenvalue weighted by Crippen LogP contribution is 2.22. The van der Waals surface area contributed by atoms with E-state index in [1.807, 2.05) is 38.1 Å². The molecule has 0 spiro atoms. The number of benzene rings is 1. The summed E-state index contributed by atoms with van der Waals surface area (Å²) in [6.45, 7) is 3.85. The zero-order chi connectivity index (χ0) is 19.7. The Balaban J connectivity index is 1.58. The van der Waals surface area contributed by atoms with Crippen molar-refractivity contribution in [3.05, 3.63) is 77.0 Å². The van der Waals surface area contributed by atoms with Gasteiger partial charge in [0.1, 0.15) is 0 Å². The van der Waals surface area contributed by atoms with Gasteiger partial charge in [0.15, 0.2) is 5.82 Å². The fourth-order valence-electron chi connectivity index (χ4n) is 2.85. The molecular weight excluding hydrogens is 378 g/mol. The van der Waals surface area contributed by atoms with Crippen LogP contribution in [0.15, 0.2) is 55.1 Å². The van der Waals surface area contributed by atoms with Crippen molar-refractivity contribution in [3.63, 3.8) is 0 Å². The van der Waals surface area contributed by atoms with Crippen molar-refractivity contribution in [2.24, 2.45) is 0 Å². The Kier molecular flexibility index (Phi) is 4.62. The summed E-state index contributed by atoms with van der Waals surface area (Å²) in [6, 6.07) is 9.46. The summed E-state index contributed by atoms with van der Waals surface area (Å²) >= 11 is 6.25. The third kappa shape index (κ3) is 3.25. The molecule has 4 aromatic rings. The predicted molar refractivity (Wildman–Crippen MR) is 105 cm³/mol. The summed E-state index contributed by atoms with van der Waals surface area (Å²) in [5, 5.41) is 15.5. The van der Waals surface area contributed by atoms with E-state index in [0.29, 0.717) is 22.1 Å². The number of amides is 1. The lowest BCUT2D eigenvalue weighted by molar-refractivity contribution is 0.102. The van der Waals surface area contributed by atoms with Crippen LogP contribution < -0.4 is 5.32 Å². The Bertz CT molecular complexity index is 1150. The fourth-order valence-corrected chi connectivity index (χ4v) is 3.09. The number of para-hydroxylation sites is 1. The van der Waals surface area contributed by atoms with Crippen LogP contribution in [0, 0.1) is 13.8 Å². The van der Waals surface area contributed by atoms with Crippen LogP contribution in [0.2, 0.25) is 5.02 Å². The van der Waals surface area contributed by atoms with Crippen molar-refractivity contribution >= 4 is 23.2 Å². The Labute approximate surface area is 165 Å². The maximum atomic E-state index is 12.7. The zero-order valence-corrected chi connectivity index (χ0v) is 15.9. The summed E-state index contributed by atoms with van der Waals surface area (Å²) in [7, 11) is 0. The third-order valence-corrected chi connectivity index (χ3v) is 4.56. The first-order chi connectivity index (χ1) is 13.5. The number of nitrogens with one attached hydrogen (secondary N) is 1. The minimum Gasteiger partial charge on any atom is -0.320 e. The van der Waals surface area contributed by atoms with Crippen molar-refractivity contribution in [2.45, 2.75) is 13.8 Å². The highest BCUT2D eigenvalue weighted by molar-refractivity contribution is 6.32. The van der Waals surface area contributed by atoms with Crippen LogP contribution in [-0.2, 0) is 0 Å². The highest BCUT2D eigenvalue weighted by Gasteiger charge is 2.17. The van der Waals surface area contributed by atoms with Gasteiger partial charge in [0, 0.05) is 0 Å². The molecule has 0 aliphatic carbocycles. The minimum atomic E-state index is -0.292. The number of aromatic nitrogens is 6. The topological polar surface area (TPSA) is 90.5 Å². The number of nitrogens with zero attached hydrogens (tertiary/aromatic N) is 6. The maximum absolute atomic E-state index is 12.7. The van der Waals surface area contributed by atoms with E-state index in [0.717, 1.165) is 16.9 Å². The number of halogens is 1. The molecule has 140 valence electrons. The van der Waals surface area contributed by atoms with Crippen molar-refractivity contribution in [1.29, 1.82) is 0 Å². The van der Waals surface area contributed by atoms with Gasteiger partial charge in [-0.2, -0.15) is 15.3 Å². The number of rotatable bonds is 4. The van der Waals surface area contributed by atoms with Crippen LogP contribution in [0.3, 0.4) is 0 Å². The van der Waals surface area contributed by atoms with Crippen LogP contribution in [0.5, 0.6) is 0 Å². The second kappa shape index (κ2) is 7.24. The van der Waals surface area contributed by atoms with Crippen LogP contribution in [0.25, 0.3) is 11.5 Å². The van der Waals surface area contributed by atoms with Gasteiger partial charge in [-0.25, -0.2) is 9.67 Å². The van der Waals surface area contributed by atoms with Crippen molar-refractivity contribution in [1.82, 2.24) is 29.8 Å². The standard InChI is InChI=1S/C19H16ClN7O/c1-12-5-3-4-6-17(12)26-13(2)15(11-24-26)19(28)25-14-9-16(20)18(21-10-14)27-22-7-8-23-27/h3-11H,1-2H3,(H,25,28). The minimum absolute atomic E-state index is 0.292. The molecule has 0 fully saturated rings. The van der Waals surface area contributed by atoms with Crippen molar-refractivity contribution in [3.8, 4) is 11.5 Å². The first kappa shape index (κ1) is 17.9. The molecule has 0 atom stereocenters. The van der Waals surface area contributed by atoms with Gasteiger partial charge in [-0.15, -0.1) is 4.80 Å². The molecule has 3 heterocycles. The van der Waals surface area contributed by atoms with E-state index in [2.05, 4.69) is 25.6 Å². The van der Waals surface area contributed by atoms with Crippen molar-refractivity contribution in [2.75, 3.05) is 5.32 Å². The van der Waals surface area contributed by atoms with E-state index in [9.17, 15) is 4.79 Å². The average molecular weight is 394 g/mol. The van der Waals surface area contributed by atoms with E-state index < -0.39 is 0 Å². The van der Waals surface area contributed by atoms with Crippen molar-refractivity contribution < 1.29 is 4.79 Å². The van der Waals surface area contributed by atoms with E-state index in [1.165, 1.54) is 23.4 Å². The molecular formula is C19H16ClN7O.